The van der Waals surface area contributed by atoms with Crippen LogP contribution in [0.3, 0.4) is 0 Å². The maximum absolute atomic E-state index is 6.20. The highest BCUT2D eigenvalue weighted by Gasteiger charge is 2.21. The van der Waals surface area contributed by atoms with Crippen molar-refractivity contribution in [2.45, 2.75) is 25.8 Å². The molecule has 8 nitrogen and oxygen atoms in total. The van der Waals surface area contributed by atoms with Crippen molar-refractivity contribution in [2.75, 3.05) is 33.0 Å². The van der Waals surface area contributed by atoms with Crippen LogP contribution < -0.4 is 10.5 Å². The summed E-state index contributed by atoms with van der Waals surface area (Å²) >= 11 is 0. The Balaban J connectivity index is 1.52. The zero-order chi connectivity index (χ0) is 21.5. The number of hydrogen-bond acceptors (Lipinski definition) is 7. The molecule has 0 atom stereocenters. The number of piperidine rings is 1. The number of rotatable bonds is 4. The zero-order valence-corrected chi connectivity index (χ0v) is 18.0. The van der Waals surface area contributed by atoms with Crippen molar-refractivity contribution < 1.29 is 9.15 Å². The Morgan fingerprint density at radius 2 is 2.00 bits per heavy atom. The lowest BCUT2D eigenvalue weighted by Crippen LogP contribution is -2.31. The predicted molar refractivity (Wildman–Crippen MR) is 120 cm³/mol. The number of likely N-dealkylation sites (tertiary alicyclic amines) is 1. The number of ether oxygens (including phenoxy) is 1. The Morgan fingerprint density at radius 1 is 1.19 bits per heavy atom. The van der Waals surface area contributed by atoms with E-state index in [4.69, 9.17) is 20.0 Å². The second kappa shape index (κ2) is 7.70. The molecule has 1 aromatic carbocycles. The molecule has 5 rings (SSSR count). The number of para-hydroxylation sites is 1. The van der Waals surface area contributed by atoms with Gasteiger partial charge in [0.2, 0.25) is 5.89 Å². The molecule has 31 heavy (non-hydrogen) atoms. The Bertz CT molecular complexity index is 1240. The monoisotopic (exact) mass is 418 g/mol. The van der Waals surface area contributed by atoms with Crippen molar-refractivity contribution in [2.24, 2.45) is 0 Å². The van der Waals surface area contributed by atoms with Gasteiger partial charge in [-0.3, -0.25) is 4.68 Å². The van der Waals surface area contributed by atoms with Crippen LogP contribution in [0.2, 0.25) is 0 Å². The van der Waals surface area contributed by atoms with E-state index in [1.807, 2.05) is 31.2 Å². The first-order chi connectivity index (χ1) is 15.0. The van der Waals surface area contributed by atoms with Crippen LogP contribution in [-0.2, 0) is 0 Å². The first kappa shape index (κ1) is 19.6. The van der Waals surface area contributed by atoms with Crippen LogP contribution in [0.5, 0.6) is 5.75 Å². The molecular weight excluding hydrogens is 392 g/mol. The molecule has 0 spiro atoms. The number of nitrogen functional groups attached to an aromatic ring is 1. The number of benzene rings is 1. The summed E-state index contributed by atoms with van der Waals surface area (Å²) in [5.74, 6) is 1.43. The highest BCUT2D eigenvalue weighted by atomic mass is 16.5. The molecule has 0 unspecified atom stereocenters. The number of anilines is 1. The van der Waals surface area contributed by atoms with Gasteiger partial charge < -0.3 is 19.8 Å². The maximum atomic E-state index is 6.20. The molecule has 1 fully saturated rings. The molecule has 4 aromatic rings. The third-order valence-electron chi connectivity index (χ3n) is 6.04. The van der Waals surface area contributed by atoms with Crippen LogP contribution in [0.1, 0.15) is 24.6 Å². The molecule has 0 amide bonds. The van der Waals surface area contributed by atoms with Gasteiger partial charge in [-0.1, -0.05) is 6.07 Å². The summed E-state index contributed by atoms with van der Waals surface area (Å²) in [4.78, 5) is 11.4. The Kier molecular flexibility index (Phi) is 4.86. The standard InChI is InChI=1S/C23H26N6O2/c1-14-18(13-29(27-14)16-7-9-28(2)10-8-16)15-11-17(22(24)25-12-15)23-26-19-5-4-6-20(30-3)21(19)31-23/h4-6,11-13,16H,7-10H2,1-3H3,(H2,24,25). The smallest absolute Gasteiger partial charge is 0.231 e. The summed E-state index contributed by atoms with van der Waals surface area (Å²) in [7, 11) is 3.78. The number of methoxy groups -OCH3 is 1. The van der Waals surface area contributed by atoms with E-state index in [9.17, 15) is 0 Å². The van der Waals surface area contributed by atoms with Gasteiger partial charge in [-0.05, 0) is 58.1 Å². The second-order valence-electron chi connectivity index (χ2n) is 8.13. The first-order valence-electron chi connectivity index (χ1n) is 10.5. The molecular formula is C23H26N6O2. The molecule has 4 heterocycles. The van der Waals surface area contributed by atoms with Gasteiger partial charge in [0.1, 0.15) is 11.3 Å². The molecule has 3 aromatic heterocycles. The number of oxazole rings is 1. The average Bonchev–Trinajstić information content (AvgIpc) is 3.38. The number of nitrogens with two attached hydrogens (primary N) is 1. The molecule has 160 valence electrons. The molecule has 1 aliphatic heterocycles. The van der Waals surface area contributed by atoms with Crippen molar-refractivity contribution in [1.82, 2.24) is 24.6 Å². The van der Waals surface area contributed by atoms with Crippen LogP contribution >= 0.6 is 0 Å². The van der Waals surface area contributed by atoms with Gasteiger partial charge in [-0.2, -0.15) is 5.10 Å². The van der Waals surface area contributed by atoms with Crippen LogP contribution in [0.4, 0.5) is 5.82 Å². The quantitative estimate of drug-likeness (QED) is 0.537. The van der Waals surface area contributed by atoms with Gasteiger partial charge in [0.15, 0.2) is 11.3 Å². The van der Waals surface area contributed by atoms with Crippen molar-refractivity contribution in [1.29, 1.82) is 0 Å². The van der Waals surface area contributed by atoms with Gasteiger partial charge in [0.25, 0.3) is 0 Å². The fourth-order valence-corrected chi connectivity index (χ4v) is 4.21. The highest BCUT2D eigenvalue weighted by Crippen LogP contribution is 2.35. The van der Waals surface area contributed by atoms with E-state index in [2.05, 4.69) is 32.8 Å². The first-order valence-corrected chi connectivity index (χ1v) is 10.5. The molecule has 0 radical (unpaired) electrons. The largest absolute Gasteiger partial charge is 0.493 e. The molecule has 8 heteroatoms. The average molecular weight is 419 g/mol. The van der Waals surface area contributed by atoms with Gasteiger partial charge >= 0.3 is 0 Å². The zero-order valence-electron chi connectivity index (χ0n) is 18.0. The molecule has 1 aliphatic rings. The van der Waals surface area contributed by atoms with Crippen LogP contribution in [0.15, 0.2) is 41.1 Å². The number of nitrogens with zero attached hydrogens (tertiary/aromatic N) is 5. The van der Waals surface area contributed by atoms with Crippen molar-refractivity contribution in [3.8, 4) is 28.3 Å². The highest BCUT2D eigenvalue weighted by molar-refractivity contribution is 5.84. The molecule has 2 N–H and O–H groups in total. The predicted octanol–water partition coefficient (Wildman–Crippen LogP) is 3.92. The van der Waals surface area contributed by atoms with E-state index in [0.29, 0.717) is 40.2 Å². The maximum Gasteiger partial charge on any atom is 0.231 e. The minimum Gasteiger partial charge on any atom is -0.493 e. The summed E-state index contributed by atoms with van der Waals surface area (Å²) in [5.41, 5.74) is 11.1. The summed E-state index contributed by atoms with van der Waals surface area (Å²) in [6.07, 6.45) is 6.11. The summed E-state index contributed by atoms with van der Waals surface area (Å²) < 4.78 is 13.5. The third kappa shape index (κ3) is 3.53. The van der Waals surface area contributed by atoms with Gasteiger partial charge in [-0.25, -0.2) is 9.97 Å². The number of fused-ring (bicyclic) bond motifs is 1. The van der Waals surface area contributed by atoms with E-state index in [1.165, 1.54) is 0 Å². The normalized spacial score (nSPS) is 15.6. The number of hydrogen-bond donors (Lipinski definition) is 1. The van der Waals surface area contributed by atoms with Crippen LogP contribution in [-0.4, -0.2) is 51.9 Å². The molecule has 0 saturated carbocycles. The van der Waals surface area contributed by atoms with Gasteiger partial charge in [-0.15, -0.1) is 0 Å². The summed E-state index contributed by atoms with van der Waals surface area (Å²) in [5, 5.41) is 4.80. The van der Waals surface area contributed by atoms with E-state index in [0.717, 1.165) is 42.8 Å². The lowest BCUT2D eigenvalue weighted by atomic mass is 10.1. The Hall–Kier alpha value is -3.39. The second-order valence-corrected chi connectivity index (χ2v) is 8.13. The minimum atomic E-state index is 0.370. The van der Waals surface area contributed by atoms with E-state index >= 15 is 0 Å². The van der Waals surface area contributed by atoms with Crippen LogP contribution in [0.25, 0.3) is 33.7 Å². The SMILES string of the molecule is COc1cccc2nc(-c3cc(-c4cn(C5CCN(C)CC5)nc4C)cnc3N)oc12. The minimum absolute atomic E-state index is 0.370. The van der Waals surface area contributed by atoms with Crippen LogP contribution in [0, 0.1) is 6.92 Å². The number of pyridine rings is 1. The third-order valence-corrected chi connectivity index (χ3v) is 6.04. The molecule has 0 aliphatic carbocycles. The lowest BCUT2D eigenvalue weighted by Gasteiger charge is -2.29. The molecule has 1 saturated heterocycles. The topological polar surface area (TPSA) is 95.2 Å². The fourth-order valence-electron chi connectivity index (χ4n) is 4.21. The van der Waals surface area contributed by atoms with Gasteiger partial charge in [0.05, 0.1) is 24.4 Å². The van der Waals surface area contributed by atoms with E-state index < -0.39 is 0 Å². The Labute approximate surface area is 180 Å². The fraction of sp³-hybridized carbons (Fsp3) is 0.348. The van der Waals surface area contributed by atoms with E-state index in [1.54, 1.807) is 13.3 Å². The van der Waals surface area contributed by atoms with Gasteiger partial charge in [0, 0.05) is 23.5 Å². The summed E-state index contributed by atoms with van der Waals surface area (Å²) in [6.45, 7) is 4.21. The van der Waals surface area contributed by atoms with Crippen molar-refractivity contribution in [3.05, 3.63) is 42.4 Å². The summed E-state index contributed by atoms with van der Waals surface area (Å²) in [6, 6.07) is 8.01. The van der Waals surface area contributed by atoms with Crippen molar-refractivity contribution >= 4 is 16.9 Å². The number of aromatic nitrogens is 4. The number of aryl methyl sites for hydroxylation is 1. The lowest BCUT2D eigenvalue weighted by molar-refractivity contribution is 0.212. The van der Waals surface area contributed by atoms with Crippen molar-refractivity contribution in [3.63, 3.8) is 0 Å². The van der Waals surface area contributed by atoms with E-state index in [-0.39, 0.29) is 0 Å². The Morgan fingerprint density at radius 3 is 2.77 bits per heavy atom. The molecule has 0 bridgehead atoms.